The normalized spacial score (nSPS) is 17.1. The number of likely N-dealkylation sites (N-methyl/N-ethyl adjacent to an activating group) is 1. The van der Waals surface area contributed by atoms with Gasteiger partial charge in [-0.15, -0.1) is 0 Å². The Morgan fingerprint density at radius 3 is 2.75 bits per heavy atom. The molecule has 1 aromatic rings. The maximum atomic E-state index is 11.8. The Balaban J connectivity index is 1.65. The summed E-state index contributed by atoms with van der Waals surface area (Å²) in [7, 11) is 2.13. The number of carbonyl (C=O) groups excluding carboxylic acids is 1. The fraction of sp³-hybridized carbons (Fsp3) is 0.533. The van der Waals surface area contributed by atoms with Crippen LogP contribution in [-0.2, 0) is 11.3 Å². The van der Waals surface area contributed by atoms with Gasteiger partial charge in [-0.3, -0.25) is 4.79 Å². The van der Waals surface area contributed by atoms with Crippen LogP contribution in [0.15, 0.2) is 24.3 Å². The number of hydrogen-bond acceptors (Lipinski definition) is 4. The molecule has 1 fully saturated rings. The highest BCUT2D eigenvalue weighted by molar-refractivity contribution is 5.76. The van der Waals surface area contributed by atoms with Crippen LogP contribution in [0, 0.1) is 0 Å². The number of rotatable bonds is 5. The van der Waals surface area contributed by atoms with Gasteiger partial charge in [0.25, 0.3) is 0 Å². The third kappa shape index (κ3) is 4.83. The number of nitrogens with zero attached hydrogens (tertiary/aromatic N) is 2. The minimum atomic E-state index is 0.103. The lowest BCUT2D eigenvalue weighted by atomic mass is 10.2. The zero-order valence-corrected chi connectivity index (χ0v) is 12.1. The molecule has 1 aliphatic heterocycles. The van der Waals surface area contributed by atoms with E-state index in [-0.39, 0.29) is 5.91 Å². The third-order valence-corrected chi connectivity index (χ3v) is 3.69. The lowest BCUT2D eigenvalue weighted by Crippen LogP contribution is -2.45. The van der Waals surface area contributed by atoms with Crippen molar-refractivity contribution in [3.05, 3.63) is 29.8 Å². The highest BCUT2D eigenvalue weighted by atomic mass is 16.1. The first-order chi connectivity index (χ1) is 9.63. The Morgan fingerprint density at radius 1 is 1.30 bits per heavy atom. The van der Waals surface area contributed by atoms with Gasteiger partial charge in [-0.05, 0) is 24.7 Å². The molecule has 1 aromatic carbocycles. The van der Waals surface area contributed by atoms with Crippen LogP contribution in [0.4, 0.5) is 5.69 Å². The predicted octanol–water partition coefficient (Wildman–Crippen LogP) is 0.523. The first kappa shape index (κ1) is 14.8. The molecule has 3 N–H and O–H groups in total. The van der Waals surface area contributed by atoms with E-state index in [0.29, 0.717) is 13.0 Å². The first-order valence-electron chi connectivity index (χ1n) is 7.15. The standard InChI is InChI=1S/C15H24N4O/c1-18-7-9-19(10-8-18)6-5-15(20)17-12-13-3-2-4-14(16)11-13/h2-4,11H,5-10,12,16H2,1H3,(H,17,20). The minimum Gasteiger partial charge on any atom is -0.399 e. The Morgan fingerprint density at radius 2 is 2.05 bits per heavy atom. The molecule has 0 aromatic heterocycles. The van der Waals surface area contributed by atoms with Crippen molar-refractivity contribution < 1.29 is 4.79 Å². The number of nitrogens with one attached hydrogen (secondary N) is 1. The van der Waals surface area contributed by atoms with Gasteiger partial charge in [-0.2, -0.15) is 0 Å². The van der Waals surface area contributed by atoms with Gasteiger partial charge in [0, 0.05) is 51.4 Å². The third-order valence-electron chi connectivity index (χ3n) is 3.69. The molecule has 0 bridgehead atoms. The number of hydrogen-bond donors (Lipinski definition) is 2. The van der Waals surface area contributed by atoms with E-state index in [9.17, 15) is 4.79 Å². The molecular weight excluding hydrogens is 252 g/mol. The number of piperazine rings is 1. The SMILES string of the molecule is CN1CCN(CCC(=O)NCc2cccc(N)c2)CC1. The number of nitrogens with two attached hydrogens (primary N) is 1. The van der Waals surface area contributed by atoms with Crippen molar-refractivity contribution in [1.29, 1.82) is 0 Å². The van der Waals surface area contributed by atoms with E-state index in [2.05, 4.69) is 22.2 Å². The quantitative estimate of drug-likeness (QED) is 0.770. The van der Waals surface area contributed by atoms with Crippen LogP contribution in [0.3, 0.4) is 0 Å². The van der Waals surface area contributed by atoms with Crippen molar-refractivity contribution in [3.8, 4) is 0 Å². The fourth-order valence-electron chi connectivity index (χ4n) is 2.32. The number of amides is 1. The Bertz CT molecular complexity index is 441. The molecule has 0 radical (unpaired) electrons. The largest absolute Gasteiger partial charge is 0.399 e. The van der Waals surface area contributed by atoms with E-state index in [1.807, 2.05) is 24.3 Å². The predicted molar refractivity (Wildman–Crippen MR) is 81.3 cm³/mol. The lowest BCUT2D eigenvalue weighted by molar-refractivity contribution is -0.121. The summed E-state index contributed by atoms with van der Waals surface area (Å²) >= 11 is 0. The maximum absolute atomic E-state index is 11.8. The van der Waals surface area contributed by atoms with Crippen LogP contribution in [0.5, 0.6) is 0 Å². The summed E-state index contributed by atoms with van der Waals surface area (Å²) < 4.78 is 0. The molecule has 0 atom stereocenters. The Labute approximate surface area is 120 Å². The van der Waals surface area contributed by atoms with Crippen LogP contribution in [0.2, 0.25) is 0 Å². The van der Waals surface area contributed by atoms with Crippen LogP contribution in [0.1, 0.15) is 12.0 Å². The minimum absolute atomic E-state index is 0.103. The van der Waals surface area contributed by atoms with Crippen LogP contribution < -0.4 is 11.1 Å². The number of benzene rings is 1. The number of carbonyl (C=O) groups is 1. The van der Waals surface area contributed by atoms with Gasteiger partial charge in [0.15, 0.2) is 0 Å². The van der Waals surface area contributed by atoms with Crippen molar-refractivity contribution >= 4 is 11.6 Å². The lowest BCUT2D eigenvalue weighted by Gasteiger charge is -2.32. The Hall–Kier alpha value is -1.59. The molecule has 110 valence electrons. The average Bonchev–Trinajstić information content (AvgIpc) is 2.45. The molecule has 0 saturated carbocycles. The molecule has 0 spiro atoms. The van der Waals surface area contributed by atoms with E-state index in [0.717, 1.165) is 44.0 Å². The number of anilines is 1. The molecule has 1 amide bonds. The van der Waals surface area contributed by atoms with Crippen molar-refractivity contribution in [3.63, 3.8) is 0 Å². The second-order valence-electron chi connectivity index (χ2n) is 5.42. The zero-order valence-electron chi connectivity index (χ0n) is 12.1. The van der Waals surface area contributed by atoms with E-state index >= 15 is 0 Å². The molecule has 1 aliphatic rings. The van der Waals surface area contributed by atoms with Crippen molar-refractivity contribution in [2.24, 2.45) is 0 Å². The summed E-state index contributed by atoms with van der Waals surface area (Å²) in [5, 5.41) is 2.94. The van der Waals surface area contributed by atoms with Crippen LogP contribution in [0.25, 0.3) is 0 Å². The summed E-state index contributed by atoms with van der Waals surface area (Å²) in [5.41, 5.74) is 7.48. The van der Waals surface area contributed by atoms with Gasteiger partial charge in [-0.1, -0.05) is 12.1 Å². The smallest absolute Gasteiger partial charge is 0.221 e. The molecule has 5 heteroatoms. The molecule has 20 heavy (non-hydrogen) atoms. The van der Waals surface area contributed by atoms with Crippen molar-refractivity contribution in [2.45, 2.75) is 13.0 Å². The van der Waals surface area contributed by atoms with E-state index < -0.39 is 0 Å². The van der Waals surface area contributed by atoms with Gasteiger partial charge in [0.1, 0.15) is 0 Å². The van der Waals surface area contributed by atoms with Gasteiger partial charge < -0.3 is 20.9 Å². The molecule has 0 unspecified atom stereocenters. The maximum Gasteiger partial charge on any atom is 0.221 e. The van der Waals surface area contributed by atoms with E-state index in [1.54, 1.807) is 0 Å². The Kier molecular flexibility index (Phi) is 5.38. The summed E-state index contributed by atoms with van der Waals surface area (Å²) in [6.07, 6.45) is 0.562. The van der Waals surface area contributed by atoms with Crippen LogP contribution >= 0.6 is 0 Å². The summed E-state index contributed by atoms with van der Waals surface area (Å²) in [6, 6.07) is 7.61. The van der Waals surface area contributed by atoms with Gasteiger partial charge in [0.2, 0.25) is 5.91 Å². The van der Waals surface area contributed by atoms with Gasteiger partial charge in [-0.25, -0.2) is 0 Å². The highest BCUT2D eigenvalue weighted by Crippen LogP contribution is 2.06. The molecule has 1 saturated heterocycles. The van der Waals surface area contributed by atoms with E-state index in [4.69, 9.17) is 5.73 Å². The topological polar surface area (TPSA) is 61.6 Å². The summed E-state index contributed by atoms with van der Waals surface area (Å²) in [5.74, 6) is 0.103. The van der Waals surface area contributed by atoms with Gasteiger partial charge in [0.05, 0.1) is 0 Å². The molecule has 1 heterocycles. The monoisotopic (exact) mass is 276 g/mol. The number of nitrogen functional groups attached to an aromatic ring is 1. The second-order valence-corrected chi connectivity index (χ2v) is 5.42. The van der Waals surface area contributed by atoms with Crippen LogP contribution in [-0.4, -0.2) is 55.5 Å². The van der Waals surface area contributed by atoms with Crippen molar-refractivity contribution in [2.75, 3.05) is 45.5 Å². The first-order valence-corrected chi connectivity index (χ1v) is 7.15. The molecular formula is C15H24N4O. The fourth-order valence-corrected chi connectivity index (χ4v) is 2.32. The zero-order chi connectivity index (χ0) is 14.4. The van der Waals surface area contributed by atoms with Crippen molar-refractivity contribution in [1.82, 2.24) is 15.1 Å². The molecule has 5 nitrogen and oxygen atoms in total. The molecule has 0 aliphatic carbocycles. The van der Waals surface area contributed by atoms with Gasteiger partial charge >= 0.3 is 0 Å². The summed E-state index contributed by atoms with van der Waals surface area (Å²) in [4.78, 5) is 16.5. The molecule has 2 rings (SSSR count). The highest BCUT2D eigenvalue weighted by Gasteiger charge is 2.14. The average molecular weight is 276 g/mol. The van der Waals surface area contributed by atoms with E-state index in [1.165, 1.54) is 0 Å². The summed E-state index contributed by atoms with van der Waals surface area (Å²) in [6.45, 7) is 5.68. The second kappa shape index (κ2) is 7.26.